The molecule has 0 spiro atoms. The third-order valence-corrected chi connectivity index (χ3v) is 1.96. The minimum atomic E-state index is -0.296. The van der Waals surface area contributed by atoms with Crippen molar-refractivity contribution in [3.63, 3.8) is 0 Å². The van der Waals surface area contributed by atoms with E-state index in [1.54, 1.807) is 31.4 Å². The second-order valence-electron chi connectivity index (χ2n) is 2.89. The van der Waals surface area contributed by atoms with E-state index in [9.17, 15) is 4.79 Å². The van der Waals surface area contributed by atoms with Gasteiger partial charge in [-0.25, -0.2) is 4.79 Å². The minimum absolute atomic E-state index is 0.296. The molecule has 2 rings (SSSR count). The van der Waals surface area contributed by atoms with Crippen LogP contribution >= 0.6 is 0 Å². The fraction of sp³-hybridized carbons (Fsp3) is 0.182. The van der Waals surface area contributed by atoms with Crippen LogP contribution in [0.25, 0.3) is 11.0 Å². The first kappa shape index (κ1) is 8.81. The first-order valence-electron chi connectivity index (χ1n) is 4.45. The van der Waals surface area contributed by atoms with Crippen LogP contribution in [-0.4, -0.2) is 12.6 Å². The fourth-order valence-corrected chi connectivity index (χ4v) is 1.31. The van der Waals surface area contributed by atoms with E-state index in [1.807, 2.05) is 6.07 Å². The Morgan fingerprint density at radius 3 is 3.07 bits per heavy atom. The first-order valence-corrected chi connectivity index (χ1v) is 4.45. The predicted octanol–water partition coefficient (Wildman–Crippen LogP) is 2.61. The van der Waals surface area contributed by atoms with Crippen molar-refractivity contribution in [1.82, 2.24) is 0 Å². The lowest BCUT2D eigenvalue weighted by molar-refractivity contribution is 0.0526. The zero-order chi connectivity index (χ0) is 9.97. The van der Waals surface area contributed by atoms with Gasteiger partial charge < -0.3 is 9.15 Å². The van der Waals surface area contributed by atoms with Crippen LogP contribution in [0.15, 0.2) is 34.9 Å². The van der Waals surface area contributed by atoms with Crippen LogP contribution in [0.1, 0.15) is 17.3 Å². The number of rotatable bonds is 2. The molecule has 2 aromatic rings. The highest BCUT2D eigenvalue weighted by molar-refractivity contribution is 5.94. The Labute approximate surface area is 81.3 Å². The van der Waals surface area contributed by atoms with Gasteiger partial charge in [-0.3, -0.25) is 0 Å². The molecule has 0 amide bonds. The Bertz CT molecular complexity index is 456. The minimum Gasteiger partial charge on any atom is -0.464 e. The van der Waals surface area contributed by atoms with Gasteiger partial charge in [0.05, 0.1) is 18.4 Å². The Kier molecular flexibility index (Phi) is 2.23. The van der Waals surface area contributed by atoms with Gasteiger partial charge in [0, 0.05) is 5.39 Å². The van der Waals surface area contributed by atoms with Crippen LogP contribution in [0.5, 0.6) is 0 Å². The first-order chi connectivity index (χ1) is 6.81. The molecule has 0 atom stereocenters. The van der Waals surface area contributed by atoms with Crippen molar-refractivity contribution in [2.24, 2.45) is 0 Å². The third kappa shape index (κ3) is 1.48. The molecule has 1 aromatic carbocycles. The summed E-state index contributed by atoms with van der Waals surface area (Å²) in [5.41, 5.74) is 1.33. The number of hydrogen-bond acceptors (Lipinski definition) is 3. The lowest BCUT2D eigenvalue weighted by Crippen LogP contribution is -2.03. The topological polar surface area (TPSA) is 39.4 Å². The third-order valence-electron chi connectivity index (χ3n) is 1.96. The number of carbonyl (C=O) groups excluding carboxylic acids is 1. The molecule has 0 radical (unpaired) electrons. The molecule has 0 saturated heterocycles. The summed E-state index contributed by atoms with van der Waals surface area (Å²) < 4.78 is 10.0. The van der Waals surface area contributed by atoms with Gasteiger partial charge in [-0.15, -0.1) is 0 Å². The van der Waals surface area contributed by atoms with Crippen molar-refractivity contribution in [3.05, 3.63) is 36.1 Å². The quantitative estimate of drug-likeness (QED) is 0.683. The Morgan fingerprint density at radius 2 is 2.29 bits per heavy atom. The van der Waals surface area contributed by atoms with Gasteiger partial charge >= 0.3 is 5.97 Å². The second-order valence-corrected chi connectivity index (χ2v) is 2.89. The van der Waals surface area contributed by atoms with E-state index in [0.29, 0.717) is 12.2 Å². The molecule has 0 unspecified atom stereocenters. The molecule has 3 heteroatoms. The van der Waals surface area contributed by atoms with E-state index in [0.717, 1.165) is 11.0 Å². The van der Waals surface area contributed by atoms with E-state index >= 15 is 0 Å². The van der Waals surface area contributed by atoms with Crippen LogP contribution in [0, 0.1) is 0 Å². The molecule has 0 bridgehead atoms. The fourth-order valence-electron chi connectivity index (χ4n) is 1.31. The van der Waals surface area contributed by atoms with Crippen molar-refractivity contribution in [2.75, 3.05) is 6.61 Å². The van der Waals surface area contributed by atoms with Crippen molar-refractivity contribution < 1.29 is 13.9 Å². The van der Waals surface area contributed by atoms with Crippen LogP contribution in [-0.2, 0) is 4.74 Å². The number of hydrogen-bond donors (Lipinski definition) is 0. The maximum absolute atomic E-state index is 11.4. The summed E-state index contributed by atoms with van der Waals surface area (Å²) >= 11 is 0. The summed E-state index contributed by atoms with van der Waals surface area (Å²) in [5, 5.41) is 0.913. The second kappa shape index (κ2) is 3.54. The summed E-state index contributed by atoms with van der Waals surface area (Å²) in [6, 6.07) is 7.04. The lowest BCUT2D eigenvalue weighted by Gasteiger charge is -2.00. The van der Waals surface area contributed by atoms with Gasteiger partial charge in [0.2, 0.25) is 0 Å². The monoisotopic (exact) mass is 190 g/mol. The maximum atomic E-state index is 11.4. The zero-order valence-electron chi connectivity index (χ0n) is 7.82. The average molecular weight is 190 g/mol. The predicted molar refractivity (Wildman–Crippen MR) is 52.2 cm³/mol. The standard InChI is InChI=1S/C11H10O3/c1-2-13-11(12)9-3-4-10-8(7-9)5-6-14-10/h3-7H,2H2,1H3. The van der Waals surface area contributed by atoms with Gasteiger partial charge in [0.15, 0.2) is 0 Å². The molecule has 0 aliphatic rings. The summed E-state index contributed by atoms with van der Waals surface area (Å²) in [4.78, 5) is 11.4. The highest BCUT2D eigenvalue weighted by atomic mass is 16.5. The number of furan rings is 1. The summed E-state index contributed by atoms with van der Waals surface area (Å²) in [7, 11) is 0. The maximum Gasteiger partial charge on any atom is 0.338 e. The van der Waals surface area contributed by atoms with E-state index in [-0.39, 0.29) is 5.97 Å². The SMILES string of the molecule is CCOC(=O)c1ccc2occc2c1. The van der Waals surface area contributed by atoms with Crippen molar-refractivity contribution in [2.45, 2.75) is 6.92 Å². The molecule has 72 valence electrons. The lowest BCUT2D eigenvalue weighted by atomic mass is 10.2. The normalized spacial score (nSPS) is 10.4. The van der Waals surface area contributed by atoms with Crippen LogP contribution in [0.3, 0.4) is 0 Å². The summed E-state index contributed by atoms with van der Waals surface area (Å²) in [6.45, 7) is 2.18. The van der Waals surface area contributed by atoms with Gasteiger partial charge in [-0.2, -0.15) is 0 Å². The highest BCUT2D eigenvalue weighted by Gasteiger charge is 2.07. The van der Waals surface area contributed by atoms with Gasteiger partial charge in [-0.05, 0) is 31.2 Å². The largest absolute Gasteiger partial charge is 0.464 e. The average Bonchev–Trinajstić information content (AvgIpc) is 2.64. The molecule has 0 saturated carbocycles. The van der Waals surface area contributed by atoms with Crippen molar-refractivity contribution in [1.29, 1.82) is 0 Å². The summed E-state index contributed by atoms with van der Waals surface area (Å²) in [6.07, 6.45) is 1.60. The number of ether oxygens (including phenoxy) is 1. The number of fused-ring (bicyclic) bond motifs is 1. The summed E-state index contributed by atoms with van der Waals surface area (Å²) in [5.74, 6) is -0.296. The number of carbonyl (C=O) groups is 1. The van der Waals surface area contributed by atoms with Crippen molar-refractivity contribution in [3.8, 4) is 0 Å². The van der Waals surface area contributed by atoms with E-state index in [1.165, 1.54) is 0 Å². The van der Waals surface area contributed by atoms with E-state index < -0.39 is 0 Å². The molecular weight excluding hydrogens is 180 g/mol. The zero-order valence-corrected chi connectivity index (χ0v) is 7.82. The smallest absolute Gasteiger partial charge is 0.338 e. The Morgan fingerprint density at radius 1 is 1.43 bits per heavy atom. The Balaban J connectivity index is 2.38. The van der Waals surface area contributed by atoms with Crippen LogP contribution in [0.2, 0.25) is 0 Å². The van der Waals surface area contributed by atoms with E-state index in [4.69, 9.17) is 9.15 Å². The van der Waals surface area contributed by atoms with Crippen LogP contribution < -0.4 is 0 Å². The molecule has 0 N–H and O–H groups in total. The van der Waals surface area contributed by atoms with Gasteiger partial charge in [0.25, 0.3) is 0 Å². The molecule has 1 aromatic heterocycles. The highest BCUT2D eigenvalue weighted by Crippen LogP contribution is 2.17. The van der Waals surface area contributed by atoms with Gasteiger partial charge in [0.1, 0.15) is 5.58 Å². The molecule has 0 fully saturated rings. The number of esters is 1. The molecule has 0 aliphatic carbocycles. The van der Waals surface area contributed by atoms with Crippen LogP contribution in [0.4, 0.5) is 0 Å². The molecule has 14 heavy (non-hydrogen) atoms. The number of benzene rings is 1. The molecular formula is C11H10O3. The van der Waals surface area contributed by atoms with Crippen molar-refractivity contribution >= 4 is 16.9 Å². The van der Waals surface area contributed by atoms with Gasteiger partial charge in [-0.1, -0.05) is 0 Å². The molecule has 3 nitrogen and oxygen atoms in total. The van der Waals surface area contributed by atoms with E-state index in [2.05, 4.69) is 0 Å². The molecule has 1 heterocycles. The Hall–Kier alpha value is -1.77. The molecule has 0 aliphatic heterocycles.